The fourth-order valence-corrected chi connectivity index (χ4v) is 4.14. The molecule has 206 valence electrons. The molecule has 39 heavy (non-hydrogen) atoms. The van der Waals surface area contributed by atoms with Crippen LogP contribution >= 0.6 is 0 Å². The number of ether oxygens (including phenoxy) is 1. The van der Waals surface area contributed by atoms with E-state index in [4.69, 9.17) is 14.6 Å². The summed E-state index contributed by atoms with van der Waals surface area (Å²) in [6.45, 7) is 3.78. The molecule has 0 saturated carbocycles. The SMILES string of the molecule is COc1ccc(C(=O)Nc2ccc(N3CCC(c4cccc(C)c4)C3)cc2C(=O)O)cc1.O=C(O)C(F)(F)F. The number of hydrogen-bond donors (Lipinski definition) is 3. The minimum absolute atomic E-state index is 0.0726. The van der Waals surface area contributed by atoms with Crippen LogP contribution in [-0.4, -0.2) is 54.4 Å². The fourth-order valence-electron chi connectivity index (χ4n) is 4.14. The number of carboxylic acid groups (broad SMARTS) is 2. The Balaban J connectivity index is 0.000000532. The quantitative estimate of drug-likeness (QED) is 0.371. The second-order valence-corrected chi connectivity index (χ2v) is 8.87. The maximum absolute atomic E-state index is 12.6. The zero-order chi connectivity index (χ0) is 28.7. The van der Waals surface area contributed by atoms with Gasteiger partial charge >= 0.3 is 18.1 Å². The fraction of sp³-hybridized carbons (Fsp3) is 0.250. The first-order chi connectivity index (χ1) is 18.4. The number of aliphatic carboxylic acids is 1. The van der Waals surface area contributed by atoms with Crippen molar-refractivity contribution in [2.75, 3.05) is 30.4 Å². The van der Waals surface area contributed by atoms with Gasteiger partial charge in [0.05, 0.1) is 18.4 Å². The number of nitrogens with one attached hydrogen (secondary N) is 1. The first-order valence-electron chi connectivity index (χ1n) is 11.8. The third kappa shape index (κ3) is 7.73. The van der Waals surface area contributed by atoms with Crippen molar-refractivity contribution < 1.29 is 42.5 Å². The lowest BCUT2D eigenvalue weighted by Gasteiger charge is -2.20. The van der Waals surface area contributed by atoms with Crippen molar-refractivity contribution in [3.8, 4) is 5.75 Å². The molecule has 0 spiro atoms. The molecule has 11 heteroatoms. The third-order valence-electron chi connectivity index (χ3n) is 6.14. The summed E-state index contributed by atoms with van der Waals surface area (Å²) in [5, 5.41) is 19.6. The summed E-state index contributed by atoms with van der Waals surface area (Å²) >= 11 is 0. The molecule has 4 rings (SSSR count). The van der Waals surface area contributed by atoms with Gasteiger partial charge in [0.25, 0.3) is 5.91 Å². The monoisotopic (exact) mass is 544 g/mol. The van der Waals surface area contributed by atoms with Crippen molar-refractivity contribution in [2.24, 2.45) is 0 Å². The number of alkyl halides is 3. The predicted molar refractivity (Wildman–Crippen MR) is 139 cm³/mol. The summed E-state index contributed by atoms with van der Waals surface area (Å²) in [5.74, 6) is -3.15. The van der Waals surface area contributed by atoms with Gasteiger partial charge in [0.2, 0.25) is 0 Å². The van der Waals surface area contributed by atoms with Gasteiger partial charge in [0.15, 0.2) is 0 Å². The summed E-state index contributed by atoms with van der Waals surface area (Å²) in [5.41, 5.74) is 4.17. The van der Waals surface area contributed by atoms with Crippen LogP contribution in [0.1, 0.15) is 44.2 Å². The molecule has 1 saturated heterocycles. The van der Waals surface area contributed by atoms with Gasteiger partial charge in [-0.1, -0.05) is 29.8 Å². The first kappa shape index (κ1) is 29.0. The summed E-state index contributed by atoms with van der Waals surface area (Å²) < 4.78 is 36.8. The van der Waals surface area contributed by atoms with Gasteiger partial charge in [-0.25, -0.2) is 9.59 Å². The highest BCUT2D eigenvalue weighted by atomic mass is 19.4. The van der Waals surface area contributed by atoms with Crippen molar-refractivity contribution in [3.63, 3.8) is 0 Å². The van der Waals surface area contributed by atoms with Gasteiger partial charge in [0, 0.05) is 30.3 Å². The Bertz CT molecular complexity index is 1340. The average molecular weight is 545 g/mol. The molecule has 3 aromatic rings. The molecule has 0 aromatic heterocycles. The second-order valence-electron chi connectivity index (χ2n) is 8.87. The van der Waals surface area contributed by atoms with Crippen LogP contribution in [0.15, 0.2) is 66.7 Å². The van der Waals surface area contributed by atoms with Crippen LogP contribution in [0.4, 0.5) is 24.5 Å². The van der Waals surface area contributed by atoms with Gasteiger partial charge in [-0.15, -0.1) is 0 Å². The van der Waals surface area contributed by atoms with E-state index in [1.807, 2.05) is 6.07 Å². The zero-order valence-electron chi connectivity index (χ0n) is 21.2. The zero-order valence-corrected chi connectivity index (χ0v) is 21.2. The molecule has 8 nitrogen and oxygen atoms in total. The molecule has 0 aliphatic carbocycles. The van der Waals surface area contributed by atoms with Crippen LogP contribution in [0.3, 0.4) is 0 Å². The highest BCUT2D eigenvalue weighted by Gasteiger charge is 2.38. The summed E-state index contributed by atoms with van der Waals surface area (Å²) in [6, 6.07) is 20.4. The molecular weight excluding hydrogens is 517 g/mol. The molecule has 3 aromatic carbocycles. The van der Waals surface area contributed by atoms with E-state index in [-0.39, 0.29) is 17.2 Å². The lowest BCUT2D eigenvalue weighted by molar-refractivity contribution is -0.192. The number of methoxy groups -OCH3 is 1. The number of carbonyl (C=O) groups excluding carboxylic acids is 1. The molecule has 3 N–H and O–H groups in total. The Morgan fingerprint density at radius 1 is 1.00 bits per heavy atom. The number of nitrogens with zero attached hydrogens (tertiary/aromatic N) is 1. The van der Waals surface area contributed by atoms with E-state index in [0.29, 0.717) is 17.2 Å². The predicted octanol–water partition coefficient (Wildman–Crippen LogP) is 5.58. The van der Waals surface area contributed by atoms with Crippen molar-refractivity contribution in [2.45, 2.75) is 25.4 Å². The second kappa shape index (κ2) is 12.3. The lowest BCUT2D eigenvalue weighted by atomic mass is 9.97. The van der Waals surface area contributed by atoms with Gasteiger partial charge in [0.1, 0.15) is 5.75 Å². The third-order valence-corrected chi connectivity index (χ3v) is 6.14. The molecule has 1 fully saturated rings. The standard InChI is InChI=1S/C26H26N2O4.C2HF3O2/c1-17-4-3-5-19(14-17)20-12-13-28(16-20)21-8-11-24(23(15-21)26(30)31)27-25(29)18-6-9-22(32-2)10-7-18;3-2(4,5)1(6)7/h3-11,14-15,20H,12-13,16H2,1-2H3,(H,27,29)(H,30,31);(H,6,7). The summed E-state index contributed by atoms with van der Waals surface area (Å²) in [6.07, 6.45) is -4.07. The van der Waals surface area contributed by atoms with Gasteiger partial charge in [-0.05, 0) is 61.4 Å². The highest BCUT2D eigenvalue weighted by molar-refractivity contribution is 6.08. The van der Waals surface area contributed by atoms with Crippen LogP contribution in [0.5, 0.6) is 5.75 Å². The van der Waals surface area contributed by atoms with Crippen molar-refractivity contribution in [3.05, 3.63) is 89.0 Å². The Morgan fingerprint density at radius 3 is 2.23 bits per heavy atom. The average Bonchev–Trinajstić information content (AvgIpc) is 3.39. The molecule has 1 atom stereocenters. The number of carboxylic acids is 2. The van der Waals surface area contributed by atoms with Gasteiger partial charge in [-0.3, -0.25) is 4.79 Å². The molecule has 1 heterocycles. The van der Waals surface area contributed by atoms with Crippen molar-refractivity contribution >= 4 is 29.2 Å². The van der Waals surface area contributed by atoms with Crippen LogP contribution in [0.25, 0.3) is 0 Å². The van der Waals surface area contributed by atoms with Crippen LogP contribution in [0, 0.1) is 6.92 Å². The topological polar surface area (TPSA) is 116 Å². The maximum atomic E-state index is 12.6. The van der Waals surface area contributed by atoms with E-state index < -0.39 is 18.1 Å². The van der Waals surface area contributed by atoms with E-state index in [0.717, 1.165) is 25.2 Å². The minimum Gasteiger partial charge on any atom is -0.497 e. The number of aromatic carboxylic acids is 1. The number of hydrogen-bond acceptors (Lipinski definition) is 5. The van der Waals surface area contributed by atoms with E-state index >= 15 is 0 Å². The number of aryl methyl sites for hydroxylation is 1. The summed E-state index contributed by atoms with van der Waals surface area (Å²) in [4.78, 5) is 35.6. The van der Waals surface area contributed by atoms with Gasteiger partial charge < -0.3 is 25.2 Å². The lowest BCUT2D eigenvalue weighted by Crippen LogP contribution is -2.21. The van der Waals surface area contributed by atoms with Crippen molar-refractivity contribution in [1.29, 1.82) is 0 Å². The minimum atomic E-state index is -5.08. The van der Waals surface area contributed by atoms with E-state index in [2.05, 4.69) is 41.4 Å². The molecule has 1 aliphatic heterocycles. The van der Waals surface area contributed by atoms with Crippen LogP contribution < -0.4 is 15.0 Å². The van der Waals surface area contributed by atoms with Crippen molar-refractivity contribution in [1.82, 2.24) is 0 Å². The van der Waals surface area contributed by atoms with Crippen LogP contribution in [-0.2, 0) is 4.79 Å². The first-order valence-corrected chi connectivity index (χ1v) is 11.8. The Labute approximate surface area is 222 Å². The van der Waals surface area contributed by atoms with E-state index in [1.165, 1.54) is 11.1 Å². The molecule has 1 amide bonds. The normalized spacial score (nSPS) is 14.7. The Kier molecular flexibility index (Phi) is 9.18. The molecule has 0 radical (unpaired) electrons. The number of amides is 1. The number of benzene rings is 3. The summed E-state index contributed by atoms with van der Waals surface area (Å²) in [7, 11) is 1.55. The molecule has 0 bridgehead atoms. The van der Waals surface area contributed by atoms with E-state index in [1.54, 1.807) is 43.5 Å². The number of carbonyl (C=O) groups is 3. The van der Waals surface area contributed by atoms with Crippen LogP contribution in [0.2, 0.25) is 0 Å². The van der Waals surface area contributed by atoms with E-state index in [9.17, 15) is 27.9 Å². The Hall–Kier alpha value is -4.54. The molecule has 1 unspecified atom stereocenters. The van der Waals surface area contributed by atoms with Gasteiger partial charge in [-0.2, -0.15) is 13.2 Å². The number of rotatable bonds is 6. The molecular formula is C28H27F3N2O6. The highest BCUT2D eigenvalue weighted by Crippen LogP contribution is 2.33. The smallest absolute Gasteiger partial charge is 0.490 e. The molecule has 1 aliphatic rings. The maximum Gasteiger partial charge on any atom is 0.490 e. The number of anilines is 2. The number of halogens is 3. The Morgan fingerprint density at radius 2 is 1.67 bits per heavy atom. The largest absolute Gasteiger partial charge is 0.497 e.